The quantitative estimate of drug-likeness (QED) is 0.632. The molecule has 0 saturated carbocycles. The molecule has 5 nitrogen and oxygen atoms in total. The van der Waals surface area contributed by atoms with Crippen molar-refractivity contribution in [3.8, 4) is 11.5 Å². The maximum Gasteiger partial charge on any atom is 0.119 e. The van der Waals surface area contributed by atoms with E-state index in [4.69, 9.17) is 18.9 Å². The topological polar surface area (TPSA) is 49.0 Å². The second-order valence-electron chi connectivity index (χ2n) is 7.93. The van der Waals surface area contributed by atoms with Gasteiger partial charge in [-0.1, -0.05) is 49.9 Å². The molecule has 5 rings (SSSR count). The molecule has 0 atom stereocenters. The van der Waals surface area contributed by atoms with Crippen LogP contribution in [0.5, 0.6) is 11.5 Å². The van der Waals surface area contributed by atoms with Crippen LogP contribution in [0.25, 0.3) is 0 Å². The molecule has 0 unspecified atom stereocenters. The minimum atomic E-state index is 0.595. The lowest BCUT2D eigenvalue weighted by molar-refractivity contribution is 0.0952. The maximum atomic E-state index is 5.78. The Morgan fingerprint density at radius 3 is 1.32 bits per heavy atom. The summed E-state index contributed by atoms with van der Waals surface area (Å²) in [4.78, 5) is 0. The van der Waals surface area contributed by atoms with E-state index < -0.39 is 0 Å². The van der Waals surface area contributed by atoms with Crippen LogP contribution in [-0.2, 0) is 22.6 Å². The van der Waals surface area contributed by atoms with Crippen molar-refractivity contribution in [1.29, 1.82) is 0 Å². The van der Waals surface area contributed by atoms with Crippen LogP contribution in [0, 0.1) is 0 Å². The molecule has 2 aromatic carbocycles. The molecule has 0 aromatic heterocycles. The van der Waals surface area contributed by atoms with Gasteiger partial charge in [0.1, 0.15) is 24.7 Å². The summed E-state index contributed by atoms with van der Waals surface area (Å²) in [6, 6.07) is 16.5. The zero-order chi connectivity index (χ0) is 21.4. The predicted octanol–water partition coefficient (Wildman–Crippen LogP) is 5.12. The van der Waals surface area contributed by atoms with Crippen LogP contribution in [0.15, 0.2) is 48.5 Å². The number of hydrogen-bond donors (Lipinski definition) is 1. The molecule has 3 aliphatic heterocycles. The number of fused-ring (bicyclic) bond motifs is 2. The summed E-state index contributed by atoms with van der Waals surface area (Å²) in [5.41, 5.74) is 2.47. The first-order chi connectivity index (χ1) is 15.4. The molecule has 5 heteroatoms. The summed E-state index contributed by atoms with van der Waals surface area (Å²) in [5, 5.41) is 3.48. The van der Waals surface area contributed by atoms with Crippen molar-refractivity contribution < 1.29 is 18.9 Å². The fourth-order valence-corrected chi connectivity index (χ4v) is 3.51. The van der Waals surface area contributed by atoms with Crippen LogP contribution in [0.4, 0.5) is 0 Å². The van der Waals surface area contributed by atoms with Crippen molar-refractivity contribution in [2.75, 3.05) is 39.6 Å². The molecule has 1 N–H and O–H groups in total. The number of hydrogen-bond acceptors (Lipinski definition) is 5. The first-order valence-corrected chi connectivity index (χ1v) is 11.7. The molecule has 4 bridgehead atoms. The SMILES string of the molecule is c1cc2ccc1CNCc1ccc(cc1)OCCOCCCCCCCCOCCO2. The van der Waals surface area contributed by atoms with E-state index in [2.05, 4.69) is 29.6 Å². The lowest BCUT2D eigenvalue weighted by Crippen LogP contribution is -2.12. The van der Waals surface area contributed by atoms with Crippen LogP contribution in [0.2, 0.25) is 0 Å². The molecule has 0 aliphatic carbocycles. The Balaban J connectivity index is 1.44. The Morgan fingerprint density at radius 1 is 0.452 bits per heavy atom. The highest BCUT2D eigenvalue weighted by Gasteiger charge is 2.00. The van der Waals surface area contributed by atoms with E-state index in [1.54, 1.807) is 0 Å². The largest absolute Gasteiger partial charge is 0.491 e. The first-order valence-electron chi connectivity index (χ1n) is 11.7. The molecule has 3 heterocycles. The van der Waals surface area contributed by atoms with Crippen LogP contribution >= 0.6 is 0 Å². The second-order valence-corrected chi connectivity index (χ2v) is 7.93. The number of nitrogens with one attached hydrogen (secondary N) is 1. The van der Waals surface area contributed by atoms with Crippen molar-refractivity contribution in [3.63, 3.8) is 0 Å². The predicted molar refractivity (Wildman–Crippen MR) is 124 cm³/mol. The van der Waals surface area contributed by atoms with Gasteiger partial charge in [0.2, 0.25) is 0 Å². The lowest BCUT2D eigenvalue weighted by Gasteiger charge is -2.10. The van der Waals surface area contributed by atoms with E-state index in [9.17, 15) is 0 Å². The monoisotopic (exact) mass is 427 g/mol. The third kappa shape index (κ3) is 10.2. The van der Waals surface area contributed by atoms with Gasteiger partial charge in [-0.2, -0.15) is 0 Å². The van der Waals surface area contributed by atoms with Crippen molar-refractivity contribution in [3.05, 3.63) is 59.7 Å². The van der Waals surface area contributed by atoms with Gasteiger partial charge in [0.05, 0.1) is 13.2 Å². The third-order valence-corrected chi connectivity index (χ3v) is 5.33. The minimum Gasteiger partial charge on any atom is -0.491 e. The van der Waals surface area contributed by atoms with Gasteiger partial charge in [-0.3, -0.25) is 0 Å². The molecular formula is C26H37NO4. The van der Waals surface area contributed by atoms with E-state index in [-0.39, 0.29) is 0 Å². The highest BCUT2D eigenvalue weighted by atomic mass is 16.5. The standard InChI is InChI=1S/C26H37NO4/c1-2-4-6-16-29-18-20-31-26-13-9-24(10-14-26)22-27-21-23-7-11-25(12-8-23)30-19-17-28-15-5-3-1/h7-14,27H,1-6,15-22H2. The molecule has 0 radical (unpaired) electrons. The summed E-state index contributed by atoms with van der Waals surface area (Å²) in [6.07, 6.45) is 7.22. The normalized spacial score (nSPS) is 18.6. The smallest absolute Gasteiger partial charge is 0.119 e. The summed E-state index contributed by atoms with van der Waals surface area (Å²) >= 11 is 0. The average molecular weight is 428 g/mol. The molecule has 0 amide bonds. The Hall–Kier alpha value is -2.08. The molecule has 0 fully saturated rings. The second kappa shape index (κ2) is 14.8. The number of rotatable bonds is 0. The Morgan fingerprint density at radius 2 is 0.871 bits per heavy atom. The van der Waals surface area contributed by atoms with Crippen molar-refractivity contribution in [2.24, 2.45) is 0 Å². The Labute approximate surface area is 187 Å². The van der Waals surface area contributed by atoms with Crippen molar-refractivity contribution in [1.82, 2.24) is 5.32 Å². The van der Waals surface area contributed by atoms with Crippen LogP contribution in [0.1, 0.15) is 49.7 Å². The summed E-state index contributed by atoms with van der Waals surface area (Å²) in [6.45, 7) is 5.75. The van der Waals surface area contributed by atoms with E-state index in [0.717, 1.165) is 50.6 Å². The maximum absolute atomic E-state index is 5.78. The van der Waals surface area contributed by atoms with Gasteiger partial charge in [-0.15, -0.1) is 0 Å². The van der Waals surface area contributed by atoms with Gasteiger partial charge in [-0.05, 0) is 48.2 Å². The van der Waals surface area contributed by atoms with Gasteiger partial charge in [0.25, 0.3) is 0 Å². The molecule has 0 saturated heterocycles. The number of benzene rings is 2. The van der Waals surface area contributed by atoms with E-state index in [1.807, 2.05) is 24.3 Å². The molecule has 3 aliphatic rings. The molecule has 2 aromatic rings. The molecular weight excluding hydrogens is 390 g/mol. The molecule has 170 valence electrons. The van der Waals surface area contributed by atoms with E-state index in [0.29, 0.717) is 26.4 Å². The summed E-state index contributed by atoms with van der Waals surface area (Å²) in [7, 11) is 0. The fraction of sp³-hybridized carbons (Fsp3) is 0.538. The highest BCUT2D eigenvalue weighted by molar-refractivity contribution is 5.28. The average Bonchev–Trinajstić information content (AvgIpc) is 2.80. The lowest BCUT2D eigenvalue weighted by atomic mass is 10.1. The zero-order valence-electron chi connectivity index (χ0n) is 18.7. The molecule has 31 heavy (non-hydrogen) atoms. The summed E-state index contributed by atoms with van der Waals surface area (Å²) < 4.78 is 22.9. The molecule has 0 spiro atoms. The first kappa shape index (κ1) is 23.6. The minimum absolute atomic E-state index is 0.595. The highest BCUT2D eigenvalue weighted by Crippen LogP contribution is 2.14. The van der Waals surface area contributed by atoms with Crippen LogP contribution < -0.4 is 14.8 Å². The Kier molecular flexibility index (Phi) is 11.3. The van der Waals surface area contributed by atoms with E-state index in [1.165, 1.54) is 36.8 Å². The zero-order valence-corrected chi connectivity index (χ0v) is 18.7. The van der Waals surface area contributed by atoms with Gasteiger partial charge in [-0.25, -0.2) is 0 Å². The van der Waals surface area contributed by atoms with Gasteiger partial charge in [0.15, 0.2) is 0 Å². The Bertz CT molecular complexity index is 641. The summed E-state index contributed by atoms with van der Waals surface area (Å²) in [5.74, 6) is 1.79. The van der Waals surface area contributed by atoms with Crippen LogP contribution in [0.3, 0.4) is 0 Å². The van der Waals surface area contributed by atoms with Crippen LogP contribution in [-0.4, -0.2) is 39.6 Å². The van der Waals surface area contributed by atoms with Crippen molar-refractivity contribution in [2.45, 2.75) is 51.6 Å². The van der Waals surface area contributed by atoms with Gasteiger partial charge in [0, 0.05) is 26.3 Å². The van der Waals surface area contributed by atoms with Crippen molar-refractivity contribution >= 4 is 0 Å². The van der Waals surface area contributed by atoms with Gasteiger partial charge >= 0.3 is 0 Å². The van der Waals surface area contributed by atoms with E-state index >= 15 is 0 Å². The third-order valence-electron chi connectivity index (χ3n) is 5.33. The number of ether oxygens (including phenoxy) is 4. The fourth-order valence-electron chi connectivity index (χ4n) is 3.51. The van der Waals surface area contributed by atoms with Gasteiger partial charge < -0.3 is 24.3 Å².